The van der Waals surface area contributed by atoms with Gasteiger partial charge in [0.15, 0.2) is 5.96 Å². The Kier molecular flexibility index (Phi) is 3.73. The van der Waals surface area contributed by atoms with Crippen LogP contribution in [0, 0.1) is 23.6 Å². The minimum absolute atomic E-state index is 0.0799. The normalized spacial score (nSPS) is 30.4. The van der Waals surface area contributed by atoms with Gasteiger partial charge in [0.25, 0.3) is 5.91 Å². The Morgan fingerprint density at radius 3 is 2.67 bits per heavy atom. The van der Waals surface area contributed by atoms with Gasteiger partial charge in [-0.1, -0.05) is 6.07 Å². The van der Waals surface area contributed by atoms with Crippen molar-refractivity contribution in [1.82, 2.24) is 0 Å². The van der Waals surface area contributed by atoms with E-state index in [1.807, 2.05) is 0 Å². The molecule has 21 heavy (non-hydrogen) atoms. The molecular formula is C15H17BrFN3O. The molecule has 0 saturated heterocycles. The highest BCUT2D eigenvalue weighted by molar-refractivity contribution is 9.10. The summed E-state index contributed by atoms with van der Waals surface area (Å²) >= 11 is 3.22. The molecule has 4 nitrogen and oxygen atoms in total. The van der Waals surface area contributed by atoms with E-state index in [9.17, 15) is 9.18 Å². The molecule has 0 heterocycles. The fourth-order valence-corrected chi connectivity index (χ4v) is 4.44. The van der Waals surface area contributed by atoms with Crippen molar-refractivity contribution in [2.24, 2.45) is 34.2 Å². The van der Waals surface area contributed by atoms with E-state index in [-0.39, 0.29) is 29.5 Å². The molecule has 2 aliphatic rings. The fraction of sp³-hybridized carbons (Fsp3) is 0.467. The number of carbonyl (C=O) groups excluding carboxylic acids is 1. The minimum atomic E-state index is -0.297. The summed E-state index contributed by atoms with van der Waals surface area (Å²) in [6.45, 7) is 0. The third-order valence-electron chi connectivity index (χ3n) is 4.77. The van der Waals surface area contributed by atoms with Crippen LogP contribution in [0.25, 0.3) is 0 Å². The van der Waals surface area contributed by atoms with Crippen molar-refractivity contribution in [3.8, 4) is 0 Å². The number of carbonyl (C=O) groups is 1. The highest BCUT2D eigenvalue weighted by Gasteiger charge is 2.51. The number of nitrogens with zero attached hydrogens (tertiary/aromatic N) is 1. The molecule has 4 N–H and O–H groups in total. The molecular weight excluding hydrogens is 337 g/mol. The van der Waals surface area contributed by atoms with Crippen molar-refractivity contribution in [3.05, 3.63) is 34.1 Å². The van der Waals surface area contributed by atoms with Gasteiger partial charge in [-0.15, -0.1) is 0 Å². The molecule has 0 spiro atoms. The summed E-state index contributed by atoms with van der Waals surface area (Å²) < 4.78 is 13.9. The summed E-state index contributed by atoms with van der Waals surface area (Å²) in [6, 6.07) is 4.98. The van der Waals surface area contributed by atoms with E-state index >= 15 is 0 Å². The highest BCUT2D eigenvalue weighted by Crippen LogP contribution is 2.57. The van der Waals surface area contributed by atoms with Gasteiger partial charge in [-0.25, -0.2) is 4.39 Å². The molecule has 1 amide bonds. The number of benzene rings is 1. The van der Waals surface area contributed by atoms with Crippen LogP contribution < -0.4 is 11.5 Å². The summed E-state index contributed by atoms with van der Waals surface area (Å²) in [5, 5.41) is 0. The standard InChI is InChI=1S/C15H17BrFN3O/c16-10-6-9(3-4-11(10)17)12-7-1-2-8(5-7)13(12)14(21)20-15(18)19/h3-4,6-8,12-13H,1-2,5H2,(H4,18,19,20,21)/t7?,8?,12-,13+/m0/s1. The predicted molar refractivity (Wildman–Crippen MR) is 82.0 cm³/mol. The number of halogens is 2. The average molecular weight is 354 g/mol. The molecule has 4 atom stereocenters. The van der Waals surface area contributed by atoms with Crippen LogP contribution in [-0.4, -0.2) is 11.9 Å². The van der Waals surface area contributed by atoms with Crippen LogP contribution in [0.1, 0.15) is 30.7 Å². The van der Waals surface area contributed by atoms with E-state index in [2.05, 4.69) is 20.9 Å². The third kappa shape index (κ3) is 2.57. The van der Waals surface area contributed by atoms with Gasteiger partial charge in [0, 0.05) is 0 Å². The topological polar surface area (TPSA) is 81.5 Å². The SMILES string of the molecule is NC(N)=NC(=O)[C@@H]1C2CCC(C2)[C@H]1c1ccc(F)c(Br)c1. The van der Waals surface area contributed by atoms with Crippen molar-refractivity contribution in [3.63, 3.8) is 0 Å². The van der Waals surface area contributed by atoms with Gasteiger partial charge in [-0.2, -0.15) is 4.99 Å². The number of nitrogens with two attached hydrogens (primary N) is 2. The van der Waals surface area contributed by atoms with E-state index in [0.717, 1.165) is 24.8 Å². The van der Waals surface area contributed by atoms with E-state index in [1.54, 1.807) is 12.1 Å². The minimum Gasteiger partial charge on any atom is -0.370 e. The Bertz CT molecular complexity index is 615. The molecule has 2 bridgehead atoms. The zero-order chi connectivity index (χ0) is 15.1. The quantitative estimate of drug-likeness (QED) is 0.633. The van der Waals surface area contributed by atoms with Crippen molar-refractivity contribution in [2.75, 3.05) is 0 Å². The maximum absolute atomic E-state index is 13.4. The maximum atomic E-state index is 13.4. The van der Waals surface area contributed by atoms with Crippen molar-refractivity contribution < 1.29 is 9.18 Å². The average Bonchev–Trinajstić information content (AvgIpc) is 3.01. The molecule has 3 rings (SSSR count). The van der Waals surface area contributed by atoms with Crippen LogP contribution in [0.4, 0.5) is 4.39 Å². The summed E-state index contributed by atoms with van der Waals surface area (Å²) in [6.07, 6.45) is 3.17. The molecule has 2 aliphatic carbocycles. The second-order valence-corrected chi connectivity index (χ2v) is 6.79. The molecule has 0 aliphatic heterocycles. The Morgan fingerprint density at radius 1 is 1.29 bits per heavy atom. The summed E-state index contributed by atoms with van der Waals surface area (Å²) in [4.78, 5) is 16.1. The summed E-state index contributed by atoms with van der Waals surface area (Å²) in [5.41, 5.74) is 11.7. The lowest BCUT2D eigenvalue weighted by Gasteiger charge is -2.29. The van der Waals surface area contributed by atoms with Crippen molar-refractivity contribution in [2.45, 2.75) is 25.2 Å². The summed E-state index contributed by atoms with van der Waals surface area (Å²) in [7, 11) is 0. The first kappa shape index (κ1) is 14.5. The van der Waals surface area contributed by atoms with Gasteiger partial charge in [-0.05, 0) is 70.6 Å². The molecule has 1 aromatic rings. The predicted octanol–water partition coefficient (Wildman–Crippen LogP) is 2.52. The van der Waals surface area contributed by atoms with Gasteiger partial charge < -0.3 is 11.5 Å². The first-order chi connectivity index (χ1) is 9.97. The Morgan fingerprint density at radius 2 is 2.00 bits per heavy atom. The van der Waals surface area contributed by atoms with Gasteiger partial charge in [0.1, 0.15) is 5.82 Å². The molecule has 2 fully saturated rings. The first-order valence-electron chi connectivity index (χ1n) is 7.06. The Labute approximate surface area is 130 Å². The smallest absolute Gasteiger partial charge is 0.252 e. The molecule has 0 aromatic heterocycles. The molecule has 1 aromatic carbocycles. The summed E-state index contributed by atoms with van der Waals surface area (Å²) in [5.74, 6) is -0.0575. The lowest BCUT2D eigenvalue weighted by molar-refractivity contribution is -0.123. The zero-order valence-corrected chi connectivity index (χ0v) is 13.0. The number of hydrogen-bond acceptors (Lipinski definition) is 1. The second kappa shape index (κ2) is 5.40. The number of rotatable bonds is 2. The molecule has 2 unspecified atom stereocenters. The van der Waals surface area contributed by atoms with Crippen LogP contribution in [0.5, 0.6) is 0 Å². The van der Waals surface area contributed by atoms with E-state index in [0.29, 0.717) is 16.3 Å². The van der Waals surface area contributed by atoms with E-state index in [1.165, 1.54) is 6.07 Å². The third-order valence-corrected chi connectivity index (χ3v) is 5.38. The van der Waals surface area contributed by atoms with Gasteiger partial charge in [-0.3, -0.25) is 4.79 Å². The number of hydrogen-bond donors (Lipinski definition) is 2. The zero-order valence-electron chi connectivity index (χ0n) is 11.4. The van der Waals surface area contributed by atoms with Crippen molar-refractivity contribution >= 4 is 27.8 Å². The van der Waals surface area contributed by atoms with Crippen LogP contribution in [0.2, 0.25) is 0 Å². The lowest BCUT2D eigenvalue weighted by atomic mass is 9.75. The molecule has 2 saturated carbocycles. The number of aliphatic imine (C=N–C) groups is 1. The number of guanidine groups is 1. The van der Waals surface area contributed by atoms with Crippen LogP contribution in [0.3, 0.4) is 0 Å². The highest BCUT2D eigenvalue weighted by atomic mass is 79.9. The monoisotopic (exact) mass is 353 g/mol. The van der Waals surface area contributed by atoms with Crippen LogP contribution in [-0.2, 0) is 4.79 Å². The largest absolute Gasteiger partial charge is 0.370 e. The molecule has 0 radical (unpaired) electrons. The lowest BCUT2D eigenvalue weighted by Crippen LogP contribution is -2.31. The van der Waals surface area contributed by atoms with Gasteiger partial charge >= 0.3 is 0 Å². The first-order valence-corrected chi connectivity index (χ1v) is 7.85. The van der Waals surface area contributed by atoms with Gasteiger partial charge in [0.05, 0.1) is 10.4 Å². The maximum Gasteiger partial charge on any atom is 0.252 e. The van der Waals surface area contributed by atoms with E-state index < -0.39 is 0 Å². The Balaban J connectivity index is 1.96. The Hall–Kier alpha value is -1.43. The second-order valence-electron chi connectivity index (χ2n) is 5.93. The van der Waals surface area contributed by atoms with Crippen LogP contribution in [0.15, 0.2) is 27.7 Å². The number of fused-ring (bicyclic) bond motifs is 2. The van der Waals surface area contributed by atoms with E-state index in [4.69, 9.17) is 11.5 Å². The van der Waals surface area contributed by atoms with Gasteiger partial charge in [0.2, 0.25) is 0 Å². The fourth-order valence-electron chi connectivity index (χ4n) is 4.05. The van der Waals surface area contributed by atoms with Crippen LogP contribution >= 0.6 is 15.9 Å². The molecule has 112 valence electrons. The van der Waals surface area contributed by atoms with Crippen molar-refractivity contribution in [1.29, 1.82) is 0 Å². The molecule has 6 heteroatoms. The number of amides is 1.